The van der Waals surface area contributed by atoms with E-state index in [1.807, 2.05) is 20.8 Å². The van der Waals surface area contributed by atoms with E-state index in [1.165, 1.54) is 6.07 Å². The van der Waals surface area contributed by atoms with E-state index in [0.717, 1.165) is 18.2 Å². The normalized spacial score (nSPS) is 11.7. The molecule has 3 rings (SSSR count). The molecule has 1 heterocycles. The zero-order valence-electron chi connectivity index (χ0n) is 20.5. The number of thioether (sulfide) groups is 1. The molecule has 1 aromatic heterocycles. The number of benzene rings is 2. The predicted molar refractivity (Wildman–Crippen MR) is 144 cm³/mol. The van der Waals surface area contributed by atoms with E-state index in [2.05, 4.69) is 25.8 Å². The second-order valence-electron chi connectivity index (χ2n) is 8.38. The van der Waals surface area contributed by atoms with Gasteiger partial charge in [0.05, 0.1) is 34.6 Å². The Bertz CT molecular complexity index is 1270. The number of amides is 2. The molecule has 0 unspecified atom stereocenters. The minimum Gasteiger partial charge on any atom is -0.462 e. The lowest BCUT2D eigenvalue weighted by atomic mass is 10.0. The molecule has 1 atom stereocenters. The molecule has 0 bridgehead atoms. The van der Waals surface area contributed by atoms with Crippen molar-refractivity contribution in [3.63, 3.8) is 0 Å². The first-order valence-corrected chi connectivity index (χ1v) is 13.3. The number of aromatic amines is 1. The first-order chi connectivity index (χ1) is 17.7. The van der Waals surface area contributed by atoms with Crippen LogP contribution in [0.5, 0.6) is 0 Å². The zero-order valence-corrected chi connectivity index (χ0v) is 22.8. The fourth-order valence-corrected chi connectivity index (χ4v) is 4.33. The van der Waals surface area contributed by atoms with E-state index < -0.39 is 12.0 Å². The number of hydrogen-bond acceptors (Lipinski definition) is 7. The summed E-state index contributed by atoms with van der Waals surface area (Å²) in [5, 5.41) is 13.7. The minimum atomic E-state index is -0.467. The fourth-order valence-electron chi connectivity index (χ4n) is 3.23. The third kappa shape index (κ3) is 8.21. The number of ether oxygens (including phenoxy) is 1. The quantitative estimate of drug-likeness (QED) is 0.206. The van der Waals surface area contributed by atoms with Crippen LogP contribution in [0.3, 0.4) is 0 Å². The number of esters is 1. The lowest BCUT2D eigenvalue weighted by Crippen LogP contribution is -2.32. The molecule has 0 aliphatic rings. The molecule has 3 aromatic rings. The summed E-state index contributed by atoms with van der Waals surface area (Å²) in [4.78, 5) is 41.7. The summed E-state index contributed by atoms with van der Waals surface area (Å²) < 4.78 is 5.13. The number of carbonyl (C=O) groups excluding carboxylic acids is 3. The monoisotopic (exact) mass is 563 g/mol. The average Bonchev–Trinajstić information content (AvgIpc) is 3.33. The van der Waals surface area contributed by atoms with Crippen LogP contribution in [0.25, 0.3) is 0 Å². The first kappa shape index (κ1) is 28.5. The molecular weight excluding hydrogens is 537 g/mol. The predicted octanol–water partition coefficient (Wildman–Crippen LogP) is 5.54. The summed E-state index contributed by atoms with van der Waals surface area (Å²) in [5.41, 5.74) is 1.14. The largest absolute Gasteiger partial charge is 0.462 e. The maximum atomic E-state index is 12.8. The molecule has 0 fully saturated rings. The molecule has 0 saturated carbocycles. The molecular formula is C25H27Cl2N5O4S. The van der Waals surface area contributed by atoms with Crippen molar-refractivity contribution in [1.82, 2.24) is 20.5 Å². The van der Waals surface area contributed by atoms with E-state index in [1.54, 1.807) is 36.4 Å². The van der Waals surface area contributed by atoms with Gasteiger partial charge in [-0.25, -0.2) is 9.78 Å². The van der Waals surface area contributed by atoms with Gasteiger partial charge in [-0.05, 0) is 48.7 Å². The third-order valence-electron chi connectivity index (χ3n) is 5.06. The highest BCUT2D eigenvalue weighted by Crippen LogP contribution is 2.25. The van der Waals surface area contributed by atoms with Crippen molar-refractivity contribution in [3.05, 3.63) is 69.5 Å². The SMILES string of the molecule is CCCOC(=O)c1cccc(NC(=O)CSc2n[nH]c([C@H](NC(=O)c3ccc(Cl)cc3Cl)C(C)C)n2)c1. The Morgan fingerprint density at radius 2 is 1.92 bits per heavy atom. The van der Waals surface area contributed by atoms with Crippen LogP contribution in [-0.2, 0) is 9.53 Å². The number of rotatable bonds is 11. The Morgan fingerprint density at radius 3 is 2.62 bits per heavy atom. The number of nitrogens with zero attached hydrogens (tertiary/aromatic N) is 2. The van der Waals surface area contributed by atoms with Crippen LogP contribution in [0, 0.1) is 5.92 Å². The Hall–Kier alpha value is -3.08. The summed E-state index contributed by atoms with van der Waals surface area (Å²) in [7, 11) is 0. The van der Waals surface area contributed by atoms with Crippen molar-refractivity contribution in [2.45, 2.75) is 38.4 Å². The number of halogens is 2. The second-order valence-corrected chi connectivity index (χ2v) is 10.2. The van der Waals surface area contributed by atoms with Crippen LogP contribution < -0.4 is 10.6 Å². The fraction of sp³-hybridized carbons (Fsp3) is 0.320. The average molecular weight is 564 g/mol. The van der Waals surface area contributed by atoms with Gasteiger partial charge in [0, 0.05) is 10.7 Å². The van der Waals surface area contributed by atoms with Gasteiger partial charge in [0.1, 0.15) is 5.82 Å². The van der Waals surface area contributed by atoms with Gasteiger partial charge < -0.3 is 15.4 Å². The van der Waals surface area contributed by atoms with Gasteiger partial charge in [-0.3, -0.25) is 14.7 Å². The molecule has 0 saturated heterocycles. The van der Waals surface area contributed by atoms with Gasteiger partial charge in [0.15, 0.2) is 0 Å². The van der Waals surface area contributed by atoms with Crippen molar-refractivity contribution in [1.29, 1.82) is 0 Å². The third-order valence-corrected chi connectivity index (χ3v) is 6.45. The number of anilines is 1. The molecule has 196 valence electrons. The summed E-state index contributed by atoms with van der Waals surface area (Å²) in [6.45, 7) is 6.11. The molecule has 9 nitrogen and oxygen atoms in total. The molecule has 0 radical (unpaired) electrons. The number of carbonyl (C=O) groups is 3. The standard InChI is InChI=1S/C25H27Cl2N5O4S/c1-4-10-36-24(35)15-6-5-7-17(11-15)28-20(33)13-37-25-30-22(31-32-25)21(14(2)3)29-23(34)18-9-8-16(26)12-19(18)27/h5-9,11-12,14,21H,4,10,13H2,1-3H3,(H,28,33)(H,29,34)(H,30,31,32)/t21-/m1/s1. The van der Waals surface area contributed by atoms with Crippen molar-refractivity contribution < 1.29 is 19.1 Å². The number of nitrogens with one attached hydrogen (secondary N) is 3. The van der Waals surface area contributed by atoms with Crippen LogP contribution in [-0.4, -0.2) is 45.3 Å². The van der Waals surface area contributed by atoms with Gasteiger partial charge in [-0.2, -0.15) is 0 Å². The second kappa shape index (κ2) is 13.5. The summed E-state index contributed by atoms with van der Waals surface area (Å²) in [6, 6.07) is 10.7. The van der Waals surface area contributed by atoms with Gasteiger partial charge in [-0.15, -0.1) is 5.10 Å². The summed E-state index contributed by atoms with van der Waals surface area (Å²) in [6.07, 6.45) is 0.726. The number of hydrogen-bond donors (Lipinski definition) is 3. The molecule has 3 N–H and O–H groups in total. The van der Waals surface area contributed by atoms with Crippen LogP contribution in [0.15, 0.2) is 47.6 Å². The molecule has 12 heteroatoms. The summed E-state index contributed by atoms with van der Waals surface area (Å²) in [5.74, 6) is -0.616. The topological polar surface area (TPSA) is 126 Å². The molecule has 0 aliphatic heterocycles. The van der Waals surface area contributed by atoms with Crippen molar-refractivity contribution in [2.75, 3.05) is 17.7 Å². The highest BCUT2D eigenvalue weighted by atomic mass is 35.5. The van der Waals surface area contributed by atoms with Gasteiger partial charge in [-0.1, -0.05) is 61.8 Å². The molecule has 2 aromatic carbocycles. The zero-order chi connectivity index (χ0) is 26.9. The summed E-state index contributed by atoms with van der Waals surface area (Å²) >= 11 is 13.2. The Morgan fingerprint density at radius 1 is 1.14 bits per heavy atom. The minimum absolute atomic E-state index is 0.0135. The van der Waals surface area contributed by atoms with Crippen LogP contribution in [0.1, 0.15) is 59.8 Å². The van der Waals surface area contributed by atoms with Gasteiger partial charge >= 0.3 is 5.97 Å². The van der Waals surface area contributed by atoms with Crippen LogP contribution in [0.2, 0.25) is 10.0 Å². The maximum Gasteiger partial charge on any atom is 0.338 e. The molecule has 0 spiro atoms. The highest BCUT2D eigenvalue weighted by molar-refractivity contribution is 7.99. The Kier molecular flexibility index (Phi) is 10.4. The maximum absolute atomic E-state index is 12.8. The van der Waals surface area contributed by atoms with E-state index in [4.69, 9.17) is 27.9 Å². The first-order valence-electron chi connectivity index (χ1n) is 11.6. The van der Waals surface area contributed by atoms with Gasteiger partial charge in [0.2, 0.25) is 11.1 Å². The van der Waals surface area contributed by atoms with Crippen LogP contribution >= 0.6 is 35.0 Å². The smallest absolute Gasteiger partial charge is 0.338 e. The van der Waals surface area contributed by atoms with E-state index in [0.29, 0.717) is 39.4 Å². The van der Waals surface area contributed by atoms with Gasteiger partial charge in [0.25, 0.3) is 5.91 Å². The lowest BCUT2D eigenvalue weighted by Gasteiger charge is -2.20. The Labute approximate surface area is 229 Å². The Balaban J connectivity index is 1.58. The van der Waals surface area contributed by atoms with Crippen molar-refractivity contribution in [3.8, 4) is 0 Å². The number of aromatic nitrogens is 3. The van der Waals surface area contributed by atoms with Crippen molar-refractivity contribution >= 4 is 58.4 Å². The lowest BCUT2D eigenvalue weighted by molar-refractivity contribution is -0.113. The highest BCUT2D eigenvalue weighted by Gasteiger charge is 2.24. The molecule has 2 amide bonds. The van der Waals surface area contributed by atoms with E-state index in [-0.39, 0.29) is 28.5 Å². The van der Waals surface area contributed by atoms with Crippen molar-refractivity contribution in [2.24, 2.45) is 5.92 Å². The molecule has 37 heavy (non-hydrogen) atoms. The molecule has 0 aliphatic carbocycles. The van der Waals surface area contributed by atoms with Crippen LogP contribution in [0.4, 0.5) is 5.69 Å². The number of H-pyrrole nitrogens is 1. The van der Waals surface area contributed by atoms with E-state index >= 15 is 0 Å². The van der Waals surface area contributed by atoms with E-state index in [9.17, 15) is 14.4 Å².